The van der Waals surface area contributed by atoms with Crippen molar-refractivity contribution in [2.45, 2.75) is 6.92 Å². The minimum absolute atomic E-state index is 0.353. The molecule has 3 rings (SSSR count). The minimum Gasteiger partial charge on any atom is -0.458 e. The van der Waals surface area contributed by atoms with E-state index in [0.717, 1.165) is 21.4 Å². The van der Waals surface area contributed by atoms with Gasteiger partial charge < -0.3 is 14.7 Å². The standard InChI is InChI=1S/C14H11BrN2O2/c1-8-2-7-11(18-8)13-12(14(16)17-19-13)9-3-5-10(15)6-4-9/h2-7H,1H3,(H2,16,17). The van der Waals surface area contributed by atoms with Gasteiger partial charge in [-0.1, -0.05) is 33.2 Å². The van der Waals surface area contributed by atoms with Gasteiger partial charge in [-0.05, 0) is 36.8 Å². The number of halogens is 1. The lowest BCUT2D eigenvalue weighted by atomic mass is 10.1. The van der Waals surface area contributed by atoms with Crippen molar-refractivity contribution in [3.63, 3.8) is 0 Å². The lowest BCUT2D eigenvalue weighted by Gasteiger charge is -2.01. The Balaban J connectivity index is 2.16. The van der Waals surface area contributed by atoms with Crippen molar-refractivity contribution in [2.75, 3.05) is 5.73 Å². The first-order valence-corrected chi connectivity index (χ1v) is 6.52. The average molecular weight is 319 g/mol. The van der Waals surface area contributed by atoms with Crippen molar-refractivity contribution >= 4 is 21.7 Å². The molecule has 2 heterocycles. The molecule has 5 heteroatoms. The van der Waals surface area contributed by atoms with Crippen molar-refractivity contribution in [3.8, 4) is 22.6 Å². The summed E-state index contributed by atoms with van der Waals surface area (Å²) in [6.07, 6.45) is 0. The van der Waals surface area contributed by atoms with Gasteiger partial charge >= 0.3 is 0 Å². The highest BCUT2D eigenvalue weighted by Crippen LogP contribution is 2.37. The van der Waals surface area contributed by atoms with Gasteiger partial charge in [0.15, 0.2) is 11.6 Å². The largest absolute Gasteiger partial charge is 0.458 e. The van der Waals surface area contributed by atoms with Gasteiger partial charge in [0.2, 0.25) is 5.76 Å². The summed E-state index contributed by atoms with van der Waals surface area (Å²) in [4.78, 5) is 0. The Hall–Kier alpha value is -2.01. The highest BCUT2D eigenvalue weighted by atomic mass is 79.9. The van der Waals surface area contributed by atoms with Crippen LogP contribution in [-0.2, 0) is 0 Å². The molecule has 4 nitrogen and oxygen atoms in total. The van der Waals surface area contributed by atoms with Crippen LogP contribution in [0.5, 0.6) is 0 Å². The van der Waals surface area contributed by atoms with E-state index < -0.39 is 0 Å². The number of rotatable bonds is 2. The molecule has 0 bridgehead atoms. The summed E-state index contributed by atoms with van der Waals surface area (Å²) in [5.74, 6) is 2.34. The van der Waals surface area contributed by atoms with E-state index in [1.807, 2.05) is 43.3 Å². The molecule has 2 N–H and O–H groups in total. The summed E-state index contributed by atoms with van der Waals surface area (Å²) >= 11 is 3.41. The number of anilines is 1. The quantitative estimate of drug-likeness (QED) is 0.766. The fourth-order valence-electron chi connectivity index (χ4n) is 1.92. The van der Waals surface area contributed by atoms with Crippen LogP contribution in [0.2, 0.25) is 0 Å². The fourth-order valence-corrected chi connectivity index (χ4v) is 2.19. The summed E-state index contributed by atoms with van der Waals surface area (Å²) < 4.78 is 11.9. The zero-order valence-corrected chi connectivity index (χ0v) is 11.8. The molecule has 19 heavy (non-hydrogen) atoms. The number of aryl methyl sites for hydroxylation is 1. The smallest absolute Gasteiger partial charge is 0.212 e. The van der Waals surface area contributed by atoms with E-state index in [-0.39, 0.29) is 0 Å². The number of furan rings is 1. The lowest BCUT2D eigenvalue weighted by Crippen LogP contribution is -1.88. The van der Waals surface area contributed by atoms with Gasteiger partial charge in [-0.15, -0.1) is 0 Å². The molecule has 0 atom stereocenters. The van der Waals surface area contributed by atoms with Gasteiger partial charge in [0.25, 0.3) is 0 Å². The van der Waals surface area contributed by atoms with Crippen LogP contribution >= 0.6 is 15.9 Å². The van der Waals surface area contributed by atoms with Crippen LogP contribution in [0.1, 0.15) is 5.76 Å². The van der Waals surface area contributed by atoms with Gasteiger partial charge in [-0.2, -0.15) is 0 Å². The summed E-state index contributed by atoms with van der Waals surface area (Å²) in [7, 11) is 0. The minimum atomic E-state index is 0.353. The number of nitrogens with two attached hydrogens (primary N) is 1. The van der Waals surface area contributed by atoms with E-state index in [0.29, 0.717) is 17.3 Å². The van der Waals surface area contributed by atoms with E-state index in [9.17, 15) is 0 Å². The monoisotopic (exact) mass is 318 g/mol. The zero-order valence-electron chi connectivity index (χ0n) is 10.2. The molecule has 0 spiro atoms. The average Bonchev–Trinajstić information content (AvgIpc) is 2.97. The van der Waals surface area contributed by atoms with Gasteiger partial charge in [-0.25, -0.2) is 0 Å². The van der Waals surface area contributed by atoms with Crippen LogP contribution in [0.25, 0.3) is 22.6 Å². The zero-order chi connectivity index (χ0) is 13.4. The molecule has 0 radical (unpaired) electrons. The summed E-state index contributed by atoms with van der Waals surface area (Å²) in [5.41, 5.74) is 7.59. The van der Waals surface area contributed by atoms with Crippen LogP contribution in [0.15, 0.2) is 49.8 Å². The lowest BCUT2D eigenvalue weighted by molar-refractivity contribution is 0.418. The van der Waals surface area contributed by atoms with Crippen molar-refractivity contribution in [1.29, 1.82) is 0 Å². The molecule has 3 aromatic rings. The molecule has 0 saturated carbocycles. The van der Waals surface area contributed by atoms with E-state index in [4.69, 9.17) is 14.7 Å². The third kappa shape index (κ3) is 2.17. The molecule has 1 aromatic carbocycles. The third-order valence-electron chi connectivity index (χ3n) is 2.82. The highest BCUT2D eigenvalue weighted by Gasteiger charge is 2.19. The maximum Gasteiger partial charge on any atom is 0.212 e. The van der Waals surface area contributed by atoms with Gasteiger partial charge in [0, 0.05) is 4.47 Å². The van der Waals surface area contributed by atoms with Crippen molar-refractivity contribution in [2.24, 2.45) is 0 Å². The van der Waals surface area contributed by atoms with E-state index >= 15 is 0 Å². The summed E-state index contributed by atoms with van der Waals surface area (Å²) in [5, 5.41) is 3.83. The topological polar surface area (TPSA) is 65.2 Å². The van der Waals surface area contributed by atoms with Crippen LogP contribution in [0, 0.1) is 6.92 Å². The van der Waals surface area contributed by atoms with Crippen LogP contribution in [0.3, 0.4) is 0 Å². The Bertz CT molecular complexity index is 713. The normalized spacial score (nSPS) is 10.8. The Kier molecular flexibility index (Phi) is 2.91. The Morgan fingerprint density at radius 2 is 1.84 bits per heavy atom. The molecule has 0 unspecified atom stereocenters. The van der Waals surface area contributed by atoms with Crippen LogP contribution in [0.4, 0.5) is 5.82 Å². The number of nitrogens with zero attached hydrogens (tertiary/aromatic N) is 1. The van der Waals surface area contributed by atoms with E-state index in [2.05, 4.69) is 21.1 Å². The molecule has 0 amide bonds. The number of nitrogen functional groups attached to an aromatic ring is 1. The summed E-state index contributed by atoms with van der Waals surface area (Å²) in [6, 6.07) is 11.5. The maximum atomic E-state index is 5.90. The Labute approximate surface area is 118 Å². The first-order valence-electron chi connectivity index (χ1n) is 5.73. The fraction of sp³-hybridized carbons (Fsp3) is 0.0714. The molecule has 0 fully saturated rings. The van der Waals surface area contributed by atoms with Gasteiger partial charge in [-0.3, -0.25) is 0 Å². The predicted octanol–water partition coefficient (Wildman–Crippen LogP) is 4.25. The molecule has 0 aliphatic rings. The Morgan fingerprint density at radius 1 is 1.11 bits per heavy atom. The number of hydrogen-bond donors (Lipinski definition) is 1. The Morgan fingerprint density at radius 3 is 2.47 bits per heavy atom. The number of benzene rings is 1. The second-order valence-electron chi connectivity index (χ2n) is 4.19. The molecule has 96 valence electrons. The number of hydrogen-bond acceptors (Lipinski definition) is 4. The van der Waals surface area contributed by atoms with Crippen molar-refractivity contribution < 1.29 is 8.94 Å². The first kappa shape index (κ1) is 12.0. The second-order valence-corrected chi connectivity index (χ2v) is 5.10. The maximum absolute atomic E-state index is 5.90. The molecule has 0 aliphatic heterocycles. The first-order chi connectivity index (χ1) is 9.15. The van der Waals surface area contributed by atoms with Crippen molar-refractivity contribution in [3.05, 3.63) is 46.6 Å². The number of aromatic nitrogens is 1. The molecule has 2 aromatic heterocycles. The van der Waals surface area contributed by atoms with E-state index in [1.54, 1.807) is 0 Å². The molecule has 0 saturated heterocycles. The SMILES string of the molecule is Cc1ccc(-c2onc(N)c2-c2ccc(Br)cc2)o1. The molecule has 0 aliphatic carbocycles. The van der Waals surface area contributed by atoms with Crippen molar-refractivity contribution in [1.82, 2.24) is 5.16 Å². The molecular formula is C14H11BrN2O2. The van der Waals surface area contributed by atoms with E-state index in [1.165, 1.54) is 0 Å². The predicted molar refractivity (Wildman–Crippen MR) is 76.5 cm³/mol. The van der Waals surface area contributed by atoms with Crippen LogP contribution in [-0.4, -0.2) is 5.16 Å². The summed E-state index contributed by atoms with van der Waals surface area (Å²) in [6.45, 7) is 1.88. The third-order valence-corrected chi connectivity index (χ3v) is 3.34. The van der Waals surface area contributed by atoms with Gasteiger partial charge in [0.05, 0.1) is 5.56 Å². The molecular weight excluding hydrogens is 308 g/mol. The van der Waals surface area contributed by atoms with Crippen LogP contribution < -0.4 is 5.73 Å². The second kappa shape index (κ2) is 4.59. The van der Waals surface area contributed by atoms with Gasteiger partial charge in [0.1, 0.15) is 5.76 Å². The highest BCUT2D eigenvalue weighted by molar-refractivity contribution is 9.10.